The quantitative estimate of drug-likeness (QED) is 0.765. The summed E-state index contributed by atoms with van der Waals surface area (Å²) in [5.41, 5.74) is 6.21. The third-order valence-corrected chi connectivity index (χ3v) is 3.55. The molecule has 2 aromatic carbocycles. The summed E-state index contributed by atoms with van der Waals surface area (Å²) in [6, 6.07) is 15.4. The summed E-state index contributed by atoms with van der Waals surface area (Å²) in [6.45, 7) is 0. The molecule has 0 radical (unpaired) electrons. The molecule has 1 aromatic heterocycles. The van der Waals surface area contributed by atoms with Crippen molar-refractivity contribution in [2.45, 2.75) is 0 Å². The van der Waals surface area contributed by atoms with Crippen molar-refractivity contribution < 1.29 is 9.47 Å². The number of aromatic nitrogens is 1. The van der Waals surface area contributed by atoms with Crippen LogP contribution in [0.15, 0.2) is 53.0 Å². The predicted octanol–water partition coefficient (Wildman–Crippen LogP) is 4.38. The summed E-state index contributed by atoms with van der Waals surface area (Å²) in [6.07, 6.45) is 0. The van der Waals surface area contributed by atoms with Crippen molar-refractivity contribution in [2.24, 2.45) is 0 Å². The van der Waals surface area contributed by atoms with E-state index in [1.807, 2.05) is 30.3 Å². The number of ether oxygens (including phenoxy) is 2. The van der Waals surface area contributed by atoms with Crippen LogP contribution in [-0.4, -0.2) is 12.1 Å². The molecule has 0 fully saturated rings. The SMILES string of the molecule is COc1nc(Oc2ccc3cc(Br)ccc3c2)ccc1N. The summed E-state index contributed by atoms with van der Waals surface area (Å²) < 4.78 is 11.9. The molecule has 0 unspecified atom stereocenters. The molecule has 1 heterocycles. The van der Waals surface area contributed by atoms with E-state index in [0.717, 1.165) is 15.2 Å². The van der Waals surface area contributed by atoms with Crippen LogP contribution in [0.2, 0.25) is 0 Å². The number of methoxy groups -OCH3 is 1. The lowest BCUT2D eigenvalue weighted by Crippen LogP contribution is -1.97. The molecule has 0 atom stereocenters. The largest absolute Gasteiger partial charge is 0.479 e. The van der Waals surface area contributed by atoms with Gasteiger partial charge in [0.2, 0.25) is 11.8 Å². The molecular weight excluding hydrogens is 332 g/mol. The van der Waals surface area contributed by atoms with Gasteiger partial charge in [0, 0.05) is 10.5 Å². The Bertz CT molecular complexity index is 805. The highest BCUT2D eigenvalue weighted by Gasteiger charge is 2.05. The summed E-state index contributed by atoms with van der Waals surface area (Å²) >= 11 is 3.46. The van der Waals surface area contributed by atoms with Crippen molar-refractivity contribution in [1.82, 2.24) is 4.98 Å². The van der Waals surface area contributed by atoms with Gasteiger partial charge in [0.15, 0.2) is 0 Å². The minimum atomic E-state index is 0.359. The van der Waals surface area contributed by atoms with Crippen LogP contribution in [0, 0.1) is 0 Å². The van der Waals surface area contributed by atoms with Crippen molar-refractivity contribution in [3.63, 3.8) is 0 Å². The van der Waals surface area contributed by atoms with Crippen LogP contribution in [0.3, 0.4) is 0 Å². The van der Waals surface area contributed by atoms with Gasteiger partial charge in [-0.15, -0.1) is 0 Å². The second-order valence-electron chi connectivity index (χ2n) is 4.50. The molecule has 4 nitrogen and oxygen atoms in total. The van der Waals surface area contributed by atoms with Gasteiger partial charge in [-0.3, -0.25) is 0 Å². The second kappa shape index (κ2) is 5.61. The number of hydrogen-bond donors (Lipinski definition) is 1. The minimum absolute atomic E-state index is 0.359. The van der Waals surface area contributed by atoms with Gasteiger partial charge in [0.1, 0.15) is 5.75 Å². The highest BCUT2D eigenvalue weighted by atomic mass is 79.9. The van der Waals surface area contributed by atoms with Gasteiger partial charge in [-0.1, -0.05) is 28.1 Å². The average molecular weight is 345 g/mol. The van der Waals surface area contributed by atoms with Gasteiger partial charge >= 0.3 is 0 Å². The fourth-order valence-corrected chi connectivity index (χ4v) is 2.41. The van der Waals surface area contributed by atoms with Crippen molar-refractivity contribution in [3.05, 3.63) is 53.0 Å². The Labute approximate surface area is 130 Å². The Balaban J connectivity index is 1.92. The Hall–Kier alpha value is -2.27. The third kappa shape index (κ3) is 2.92. The monoisotopic (exact) mass is 344 g/mol. The number of nitrogens with zero attached hydrogens (tertiary/aromatic N) is 1. The molecule has 0 saturated carbocycles. The lowest BCUT2D eigenvalue weighted by molar-refractivity contribution is 0.385. The van der Waals surface area contributed by atoms with Crippen molar-refractivity contribution in [3.8, 4) is 17.5 Å². The maximum absolute atomic E-state index is 5.76. The Kier molecular flexibility index (Phi) is 3.66. The van der Waals surface area contributed by atoms with Crippen molar-refractivity contribution in [2.75, 3.05) is 12.8 Å². The average Bonchev–Trinajstić information content (AvgIpc) is 2.49. The van der Waals surface area contributed by atoms with E-state index in [-0.39, 0.29) is 0 Å². The number of rotatable bonds is 3. The minimum Gasteiger partial charge on any atom is -0.479 e. The first-order chi connectivity index (χ1) is 10.2. The zero-order valence-corrected chi connectivity index (χ0v) is 12.9. The Morgan fingerprint density at radius 1 is 1.00 bits per heavy atom. The van der Waals surface area contributed by atoms with Gasteiger partial charge in [-0.2, -0.15) is 4.98 Å². The third-order valence-electron chi connectivity index (χ3n) is 3.05. The molecule has 0 bridgehead atoms. The van der Waals surface area contributed by atoms with Gasteiger partial charge in [0.05, 0.1) is 12.8 Å². The Morgan fingerprint density at radius 2 is 1.76 bits per heavy atom. The van der Waals surface area contributed by atoms with E-state index in [9.17, 15) is 0 Å². The first-order valence-corrected chi connectivity index (χ1v) is 7.13. The molecule has 2 N–H and O–H groups in total. The van der Waals surface area contributed by atoms with Crippen LogP contribution < -0.4 is 15.2 Å². The molecule has 21 heavy (non-hydrogen) atoms. The maximum atomic E-state index is 5.76. The van der Waals surface area contributed by atoms with Crippen LogP contribution >= 0.6 is 15.9 Å². The van der Waals surface area contributed by atoms with Crippen LogP contribution in [0.4, 0.5) is 5.69 Å². The van der Waals surface area contributed by atoms with Gasteiger partial charge < -0.3 is 15.2 Å². The number of halogens is 1. The normalized spacial score (nSPS) is 10.6. The van der Waals surface area contributed by atoms with E-state index in [0.29, 0.717) is 23.2 Å². The number of nitrogen functional groups attached to an aromatic ring is 1. The van der Waals surface area contributed by atoms with Gasteiger partial charge in [-0.25, -0.2) is 0 Å². The van der Waals surface area contributed by atoms with Crippen molar-refractivity contribution >= 4 is 32.4 Å². The lowest BCUT2D eigenvalue weighted by atomic mass is 10.1. The smallest absolute Gasteiger partial charge is 0.240 e. The molecule has 0 saturated heterocycles. The van der Waals surface area contributed by atoms with Crippen LogP contribution in [0.1, 0.15) is 0 Å². The standard InChI is InChI=1S/C16H13BrN2O2/c1-20-16-14(18)6-7-15(19-16)21-13-5-3-10-8-12(17)4-2-11(10)9-13/h2-9H,18H2,1H3. The molecule has 0 aliphatic carbocycles. The number of nitrogens with two attached hydrogens (primary N) is 1. The lowest BCUT2D eigenvalue weighted by Gasteiger charge is -2.08. The van der Waals surface area contributed by atoms with Gasteiger partial charge in [-0.05, 0) is 41.1 Å². The van der Waals surface area contributed by atoms with E-state index < -0.39 is 0 Å². The summed E-state index contributed by atoms with van der Waals surface area (Å²) in [5, 5.41) is 2.23. The molecular formula is C16H13BrN2O2. The van der Waals surface area contributed by atoms with Crippen molar-refractivity contribution in [1.29, 1.82) is 0 Å². The fourth-order valence-electron chi connectivity index (χ4n) is 2.03. The van der Waals surface area contributed by atoms with E-state index in [2.05, 4.69) is 27.0 Å². The Morgan fingerprint density at radius 3 is 2.57 bits per heavy atom. The van der Waals surface area contributed by atoms with Crippen LogP contribution in [0.25, 0.3) is 10.8 Å². The highest BCUT2D eigenvalue weighted by Crippen LogP contribution is 2.28. The zero-order valence-electron chi connectivity index (χ0n) is 11.3. The zero-order chi connectivity index (χ0) is 14.8. The topological polar surface area (TPSA) is 57.4 Å². The first kappa shape index (κ1) is 13.7. The molecule has 3 aromatic rings. The fraction of sp³-hybridized carbons (Fsp3) is 0.0625. The number of benzene rings is 2. The summed E-state index contributed by atoms with van der Waals surface area (Å²) in [5.74, 6) is 1.51. The molecule has 3 rings (SSSR count). The predicted molar refractivity (Wildman–Crippen MR) is 86.9 cm³/mol. The number of pyridine rings is 1. The number of anilines is 1. The maximum Gasteiger partial charge on any atom is 0.240 e. The van der Waals surface area contributed by atoms with E-state index in [4.69, 9.17) is 15.2 Å². The number of hydrogen-bond acceptors (Lipinski definition) is 4. The molecule has 0 spiro atoms. The van der Waals surface area contributed by atoms with Crippen LogP contribution in [0.5, 0.6) is 17.5 Å². The first-order valence-electron chi connectivity index (χ1n) is 6.33. The van der Waals surface area contributed by atoms with E-state index in [1.165, 1.54) is 7.11 Å². The molecule has 0 aliphatic rings. The molecule has 0 aliphatic heterocycles. The number of fused-ring (bicyclic) bond motifs is 1. The molecule has 106 valence electrons. The van der Waals surface area contributed by atoms with Crippen LogP contribution in [-0.2, 0) is 0 Å². The highest BCUT2D eigenvalue weighted by molar-refractivity contribution is 9.10. The second-order valence-corrected chi connectivity index (χ2v) is 5.42. The molecule has 5 heteroatoms. The summed E-state index contributed by atoms with van der Waals surface area (Å²) in [7, 11) is 1.52. The summed E-state index contributed by atoms with van der Waals surface area (Å²) in [4.78, 5) is 4.20. The molecule has 0 amide bonds. The van der Waals surface area contributed by atoms with E-state index in [1.54, 1.807) is 12.1 Å². The van der Waals surface area contributed by atoms with Gasteiger partial charge in [0.25, 0.3) is 0 Å². The van der Waals surface area contributed by atoms with E-state index >= 15 is 0 Å².